The number of aromatic nitrogens is 3. The molecule has 0 atom stereocenters. The van der Waals surface area contributed by atoms with Crippen LogP contribution in [0.3, 0.4) is 0 Å². The quantitative estimate of drug-likeness (QED) is 0.350. The van der Waals surface area contributed by atoms with Crippen molar-refractivity contribution in [2.45, 2.75) is 13.0 Å². The summed E-state index contributed by atoms with van der Waals surface area (Å²) in [7, 11) is 0. The van der Waals surface area contributed by atoms with Crippen LogP contribution in [-0.2, 0) is 13.0 Å². The van der Waals surface area contributed by atoms with Gasteiger partial charge >= 0.3 is 37.6 Å². The summed E-state index contributed by atoms with van der Waals surface area (Å²) < 4.78 is 8.99. The standard InChI is InChI=1S/C11H11N5S.HI2/c12-5-7-8-1-2-13-3-4-16(8)10-9(7)14-6-15-11(10)17;1-2/h6,13H,1-4H2,(H,14,15,17);1H/q;-1/i;1D. The van der Waals surface area contributed by atoms with Crippen LogP contribution in [0.25, 0.3) is 11.0 Å². The van der Waals surface area contributed by atoms with Gasteiger partial charge in [-0.25, -0.2) is 4.98 Å². The number of hydrogen-bond acceptors (Lipinski definition) is 4. The molecule has 0 bridgehead atoms. The van der Waals surface area contributed by atoms with E-state index in [0.717, 1.165) is 42.8 Å². The van der Waals surface area contributed by atoms with Crippen LogP contribution in [0.15, 0.2) is 6.33 Å². The van der Waals surface area contributed by atoms with Gasteiger partial charge in [-0.05, 0) is 0 Å². The average Bonchev–Trinajstić information content (AvgIpc) is 2.59. The number of rotatable bonds is 0. The number of aromatic amines is 1. The summed E-state index contributed by atoms with van der Waals surface area (Å²) in [4.78, 5) is 7.15. The van der Waals surface area contributed by atoms with Crippen LogP contribution in [0.2, 0.25) is 0 Å². The van der Waals surface area contributed by atoms with Crippen molar-refractivity contribution in [3.63, 3.8) is 0 Å². The molecular formula is C11H12I2N5S-. The van der Waals surface area contributed by atoms with Crippen molar-refractivity contribution in [1.82, 2.24) is 19.9 Å². The molecule has 2 N–H and O–H groups in total. The third kappa shape index (κ3) is 2.79. The molecule has 5 nitrogen and oxygen atoms in total. The van der Waals surface area contributed by atoms with E-state index in [1.807, 2.05) is 0 Å². The Labute approximate surface area is 139 Å². The van der Waals surface area contributed by atoms with E-state index in [2.05, 4.69) is 44.5 Å². The molecule has 19 heavy (non-hydrogen) atoms. The number of hydrogen-bond donors (Lipinski definition) is 2. The van der Waals surface area contributed by atoms with Crippen LogP contribution in [0.4, 0.5) is 0 Å². The van der Waals surface area contributed by atoms with Crippen LogP contribution >= 0.6 is 30.8 Å². The van der Waals surface area contributed by atoms with Gasteiger partial charge in [0.2, 0.25) is 0 Å². The van der Waals surface area contributed by atoms with E-state index in [-0.39, 0.29) is 18.4 Å². The van der Waals surface area contributed by atoms with Crippen molar-refractivity contribution in [2.75, 3.05) is 13.1 Å². The molecule has 0 unspecified atom stereocenters. The van der Waals surface area contributed by atoms with E-state index in [1.165, 1.54) is 0 Å². The second-order valence-electron chi connectivity index (χ2n) is 4.02. The maximum absolute atomic E-state index is 9.31. The molecule has 1 aliphatic rings. The van der Waals surface area contributed by atoms with Crippen LogP contribution in [-0.4, -0.2) is 28.2 Å². The summed E-state index contributed by atoms with van der Waals surface area (Å²) in [5, 5.41) is 12.6. The van der Waals surface area contributed by atoms with Gasteiger partial charge in [-0.15, -0.1) is 0 Å². The minimum absolute atomic E-state index is 0.190. The van der Waals surface area contributed by atoms with Crippen molar-refractivity contribution in [3.05, 3.63) is 22.2 Å². The zero-order chi connectivity index (χ0) is 14.5. The van der Waals surface area contributed by atoms with Crippen molar-refractivity contribution >= 4 is 41.9 Å². The van der Waals surface area contributed by atoms with Gasteiger partial charge in [-0.3, -0.25) is 0 Å². The van der Waals surface area contributed by atoms with Gasteiger partial charge < -0.3 is 14.9 Å². The van der Waals surface area contributed by atoms with Crippen LogP contribution in [0, 0.1) is 16.0 Å². The first-order chi connectivity index (χ1) is 9.74. The van der Waals surface area contributed by atoms with Crippen LogP contribution in [0.5, 0.6) is 0 Å². The molecular weight excluding hydrogens is 488 g/mol. The summed E-state index contributed by atoms with van der Waals surface area (Å²) in [5.41, 5.74) is 3.47. The van der Waals surface area contributed by atoms with Crippen LogP contribution < -0.4 is 23.7 Å². The van der Waals surface area contributed by atoms with Gasteiger partial charge in [0.25, 0.3) is 0 Å². The van der Waals surface area contributed by atoms with Gasteiger partial charge in [-0.2, -0.15) is 5.26 Å². The van der Waals surface area contributed by atoms with E-state index in [1.54, 1.807) is 6.33 Å². The Morgan fingerprint density at radius 3 is 3.16 bits per heavy atom. The summed E-state index contributed by atoms with van der Waals surface area (Å²) >= 11 is 7.14. The first kappa shape index (κ1) is 13.7. The molecule has 3 heterocycles. The Kier molecular flexibility index (Phi) is 5.03. The van der Waals surface area contributed by atoms with Gasteiger partial charge in [0.1, 0.15) is 11.6 Å². The van der Waals surface area contributed by atoms with E-state index < -0.39 is 0 Å². The topological polar surface area (TPSA) is 69.4 Å². The summed E-state index contributed by atoms with van der Waals surface area (Å²) in [5.74, 6) is 0. The summed E-state index contributed by atoms with van der Waals surface area (Å²) in [6.45, 7) is 2.62. The van der Waals surface area contributed by atoms with Crippen molar-refractivity contribution in [2.24, 2.45) is 0 Å². The predicted octanol–water partition coefficient (Wildman–Crippen LogP) is -1.27. The van der Waals surface area contributed by atoms with Crippen molar-refractivity contribution in [1.29, 1.82) is 5.86 Å². The van der Waals surface area contributed by atoms with E-state index in [4.69, 9.17) is 12.8 Å². The van der Waals surface area contributed by atoms with Gasteiger partial charge in [-0.1, -0.05) is 12.2 Å². The molecule has 0 aliphatic carbocycles. The molecule has 3 rings (SSSR count). The molecule has 0 fully saturated rings. The Hall–Kier alpha value is -0.250. The summed E-state index contributed by atoms with van der Waals surface area (Å²) in [6, 6.07) is 2.28. The maximum atomic E-state index is 9.31. The first-order valence-corrected chi connectivity index (χ1v) is 12.4. The number of nitrogens with one attached hydrogen (secondary N) is 2. The van der Waals surface area contributed by atoms with Crippen molar-refractivity contribution in [3.8, 4) is 6.07 Å². The summed E-state index contributed by atoms with van der Waals surface area (Å²) in [6.07, 6.45) is 2.41. The number of halogens is 2. The molecule has 0 spiro atoms. The normalized spacial score (nSPS) is 14.8. The van der Waals surface area contributed by atoms with Crippen molar-refractivity contribution < 1.29 is 18.4 Å². The van der Waals surface area contributed by atoms with Crippen LogP contribution in [0.1, 0.15) is 11.3 Å². The molecule has 8 heteroatoms. The predicted molar refractivity (Wildman–Crippen MR) is 81.6 cm³/mol. The van der Waals surface area contributed by atoms with E-state index in [9.17, 15) is 5.26 Å². The Bertz CT molecular complexity index is 705. The monoisotopic (exact) mass is 501 g/mol. The molecule has 1 aliphatic heterocycles. The third-order valence-electron chi connectivity index (χ3n) is 3.13. The molecule has 0 radical (unpaired) electrons. The number of H-pyrrole nitrogens is 1. The van der Waals surface area contributed by atoms with Gasteiger partial charge in [0, 0.05) is 31.7 Å². The molecule has 0 aromatic carbocycles. The molecule has 0 saturated carbocycles. The fourth-order valence-electron chi connectivity index (χ4n) is 2.40. The average molecular weight is 501 g/mol. The van der Waals surface area contributed by atoms with E-state index in [0.29, 0.717) is 10.2 Å². The number of nitriles is 1. The van der Waals surface area contributed by atoms with Gasteiger partial charge in [0.15, 0.2) is 4.64 Å². The zero-order valence-corrected chi connectivity index (χ0v) is 15.0. The molecule has 2 aromatic rings. The fraction of sp³-hybridized carbons (Fsp3) is 0.364. The van der Waals surface area contributed by atoms with E-state index >= 15 is 0 Å². The second-order valence-corrected chi connectivity index (χ2v) is 4.40. The molecule has 0 amide bonds. The number of nitrogens with zero attached hydrogens (tertiary/aromatic N) is 3. The third-order valence-corrected chi connectivity index (χ3v) is 3.43. The SMILES string of the molecule is N#Cc1c2n(c3c(=S)nc[nH]c13)CCNCC2.[2H][I-]I. The number of fused-ring (bicyclic) bond motifs is 3. The first-order valence-electron chi connectivity index (χ1n) is 6.04. The minimum atomic E-state index is -0.190. The second kappa shape index (κ2) is 6.96. The zero-order valence-electron chi connectivity index (χ0n) is 10.9. The molecule has 102 valence electrons. The Morgan fingerprint density at radius 1 is 1.63 bits per heavy atom. The Morgan fingerprint density at radius 2 is 2.42 bits per heavy atom. The fourth-order valence-corrected chi connectivity index (χ4v) is 2.66. The molecule has 0 saturated heterocycles. The Balaban J connectivity index is 0.000000452. The van der Waals surface area contributed by atoms with Gasteiger partial charge in [0.05, 0.1) is 17.4 Å². The molecule has 2 aromatic heterocycles.